The molecule has 0 aromatic heterocycles. The predicted octanol–water partition coefficient (Wildman–Crippen LogP) is 1.75. The number of carbonyl (C=O) groups is 2. The Hall–Kier alpha value is -2.12. The van der Waals surface area contributed by atoms with Crippen LogP contribution < -0.4 is 5.32 Å². The Bertz CT molecular complexity index is 612. The van der Waals surface area contributed by atoms with E-state index in [0.717, 1.165) is 5.56 Å². The molecule has 1 saturated carbocycles. The smallest absolute Gasteiger partial charge is 0.407 e. The summed E-state index contributed by atoms with van der Waals surface area (Å²) in [6, 6.07) is 8.55. The first-order valence-electron chi connectivity index (χ1n) is 8.72. The van der Waals surface area contributed by atoms with Crippen molar-refractivity contribution >= 4 is 12.1 Å². The van der Waals surface area contributed by atoms with Gasteiger partial charge in [-0.2, -0.15) is 0 Å². The van der Waals surface area contributed by atoms with Crippen molar-refractivity contribution in [2.45, 2.75) is 64.1 Å². The zero-order valence-corrected chi connectivity index (χ0v) is 15.3. The van der Waals surface area contributed by atoms with Gasteiger partial charge < -0.3 is 25.0 Å². The highest BCUT2D eigenvalue weighted by Crippen LogP contribution is 2.27. The van der Waals surface area contributed by atoms with Crippen LogP contribution in [-0.4, -0.2) is 46.1 Å². The molecule has 1 aliphatic carbocycles. The largest absolute Gasteiger partial charge is 0.461 e. The summed E-state index contributed by atoms with van der Waals surface area (Å²) < 4.78 is 10.6. The Kier molecular flexibility index (Phi) is 6.61. The second-order valence-corrected chi connectivity index (χ2v) is 7.56. The van der Waals surface area contributed by atoms with Gasteiger partial charge in [0.25, 0.3) is 0 Å². The normalized spacial score (nSPS) is 26.0. The molecular formula is C19H27NO6. The van der Waals surface area contributed by atoms with Gasteiger partial charge in [0, 0.05) is 6.04 Å². The maximum Gasteiger partial charge on any atom is 0.407 e. The number of hydrogen-bond donors (Lipinski definition) is 3. The lowest BCUT2D eigenvalue weighted by Gasteiger charge is -2.36. The van der Waals surface area contributed by atoms with E-state index in [2.05, 4.69) is 5.32 Å². The molecule has 0 radical (unpaired) electrons. The van der Waals surface area contributed by atoms with Gasteiger partial charge in [-0.25, -0.2) is 4.79 Å². The Balaban J connectivity index is 2.01. The molecule has 7 heteroatoms. The Morgan fingerprint density at radius 2 is 1.73 bits per heavy atom. The van der Waals surface area contributed by atoms with E-state index in [1.165, 1.54) is 0 Å². The van der Waals surface area contributed by atoms with Crippen LogP contribution >= 0.6 is 0 Å². The molecule has 0 unspecified atom stereocenters. The number of rotatable bonds is 4. The molecule has 1 aromatic rings. The SMILES string of the molecule is CC(C)(C)OC(=O)N[C@H]1C[C@@H](O)[C@@H](O)C[C@@H]1C(=O)OCc1ccccc1. The summed E-state index contributed by atoms with van der Waals surface area (Å²) >= 11 is 0. The molecule has 4 atom stereocenters. The lowest BCUT2D eigenvalue weighted by atomic mass is 9.81. The number of amides is 1. The van der Waals surface area contributed by atoms with E-state index in [9.17, 15) is 19.8 Å². The topological polar surface area (TPSA) is 105 Å². The summed E-state index contributed by atoms with van der Waals surface area (Å²) in [5.41, 5.74) is 0.161. The molecule has 1 fully saturated rings. The van der Waals surface area contributed by atoms with Gasteiger partial charge >= 0.3 is 12.1 Å². The first kappa shape index (κ1) is 20.2. The third-order valence-electron chi connectivity index (χ3n) is 4.15. The molecule has 3 N–H and O–H groups in total. The van der Waals surface area contributed by atoms with Gasteiger partial charge in [0.05, 0.1) is 18.1 Å². The van der Waals surface area contributed by atoms with Gasteiger partial charge in [0.1, 0.15) is 12.2 Å². The van der Waals surface area contributed by atoms with Crippen LogP contribution in [0.2, 0.25) is 0 Å². The van der Waals surface area contributed by atoms with Crippen molar-refractivity contribution in [3.63, 3.8) is 0 Å². The predicted molar refractivity (Wildman–Crippen MR) is 94.1 cm³/mol. The number of ether oxygens (including phenoxy) is 2. The Morgan fingerprint density at radius 3 is 2.35 bits per heavy atom. The van der Waals surface area contributed by atoms with Crippen molar-refractivity contribution < 1.29 is 29.3 Å². The Labute approximate surface area is 153 Å². The zero-order chi connectivity index (χ0) is 19.3. The number of aliphatic hydroxyl groups excluding tert-OH is 2. The minimum Gasteiger partial charge on any atom is -0.461 e. The van der Waals surface area contributed by atoms with Crippen LogP contribution in [0.5, 0.6) is 0 Å². The average molecular weight is 365 g/mol. The second-order valence-electron chi connectivity index (χ2n) is 7.56. The summed E-state index contributed by atoms with van der Waals surface area (Å²) in [6.07, 6.45) is -2.68. The number of alkyl carbamates (subject to hydrolysis) is 1. The van der Waals surface area contributed by atoms with E-state index in [1.807, 2.05) is 30.3 Å². The summed E-state index contributed by atoms with van der Waals surface area (Å²) in [7, 11) is 0. The van der Waals surface area contributed by atoms with Crippen molar-refractivity contribution in [1.29, 1.82) is 0 Å². The van der Waals surface area contributed by atoms with Gasteiger partial charge in [-0.3, -0.25) is 4.79 Å². The van der Waals surface area contributed by atoms with Gasteiger partial charge in [-0.05, 0) is 39.2 Å². The summed E-state index contributed by atoms with van der Waals surface area (Å²) in [5, 5.41) is 22.4. The zero-order valence-electron chi connectivity index (χ0n) is 15.3. The number of aliphatic hydroxyl groups is 2. The van der Waals surface area contributed by atoms with Crippen LogP contribution in [0, 0.1) is 5.92 Å². The third kappa shape index (κ3) is 6.00. The molecule has 1 aromatic carbocycles. The molecule has 2 rings (SSSR count). The van der Waals surface area contributed by atoms with E-state index in [4.69, 9.17) is 9.47 Å². The fourth-order valence-electron chi connectivity index (χ4n) is 2.88. The maximum absolute atomic E-state index is 12.5. The van der Waals surface area contributed by atoms with Crippen molar-refractivity contribution in [2.24, 2.45) is 5.92 Å². The summed E-state index contributed by atoms with van der Waals surface area (Å²) in [4.78, 5) is 24.5. The summed E-state index contributed by atoms with van der Waals surface area (Å²) in [5.74, 6) is -1.29. The molecule has 1 aliphatic rings. The highest BCUT2D eigenvalue weighted by atomic mass is 16.6. The van der Waals surface area contributed by atoms with Gasteiger partial charge in [0.2, 0.25) is 0 Å². The van der Waals surface area contributed by atoms with Crippen LogP contribution in [0.1, 0.15) is 39.2 Å². The van der Waals surface area contributed by atoms with Crippen molar-refractivity contribution in [2.75, 3.05) is 0 Å². The van der Waals surface area contributed by atoms with E-state index in [0.29, 0.717) is 0 Å². The van der Waals surface area contributed by atoms with Crippen LogP contribution in [0.15, 0.2) is 30.3 Å². The lowest BCUT2D eigenvalue weighted by Crippen LogP contribution is -2.53. The molecule has 0 saturated heterocycles. The molecule has 0 heterocycles. The number of esters is 1. The average Bonchev–Trinajstić information content (AvgIpc) is 2.55. The van der Waals surface area contributed by atoms with Crippen LogP contribution in [0.25, 0.3) is 0 Å². The molecule has 0 spiro atoms. The number of benzene rings is 1. The first-order chi connectivity index (χ1) is 12.2. The van der Waals surface area contributed by atoms with Crippen LogP contribution in [0.4, 0.5) is 4.79 Å². The number of hydrogen-bond acceptors (Lipinski definition) is 6. The van der Waals surface area contributed by atoms with Crippen molar-refractivity contribution in [3.05, 3.63) is 35.9 Å². The molecule has 1 amide bonds. The molecule has 144 valence electrons. The molecule has 0 bridgehead atoms. The van der Waals surface area contributed by atoms with Crippen molar-refractivity contribution in [3.8, 4) is 0 Å². The van der Waals surface area contributed by atoms with E-state index in [1.54, 1.807) is 20.8 Å². The van der Waals surface area contributed by atoms with E-state index < -0.39 is 41.8 Å². The standard InChI is InChI=1S/C19H27NO6/c1-19(2,3)26-18(24)20-14-10-16(22)15(21)9-13(14)17(23)25-11-12-7-5-4-6-8-12/h4-8,13-16,21-22H,9-11H2,1-3H3,(H,20,24)/t13-,14-,15-,16+/m0/s1. The van der Waals surface area contributed by atoms with E-state index >= 15 is 0 Å². The fraction of sp³-hybridized carbons (Fsp3) is 0.579. The highest BCUT2D eigenvalue weighted by Gasteiger charge is 2.41. The quantitative estimate of drug-likeness (QED) is 0.702. The minimum absolute atomic E-state index is 0.00918. The first-order valence-corrected chi connectivity index (χ1v) is 8.72. The number of nitrogens with one attached hydrogen (secondary N) is 1. The fourth-order valence-corrected chi connectivity index (χ4v) is 2.88. The second kappa shape index (κ2) is 8.51. The van der Waals surface area contributed by atoms with Crippen molar-refractivity contribution in [1.82, 2.24) is 5.32 Å². The van der Waals surface area contributed by atoms with Crippen LogP contribution in [0.3, 0.4) is 0 Å². The monoisotopic (exact) mass is 365 g/mol. The van der Waals surface area contributed by atoms with E-state index in [-0.39, 0.29) is 19.4 Å². The lowest BCUT2D eigenvalue weighted by molar-refractivity contribution is -0.156. The summed E-state index contributed by atoms with van der Waals surface area (Å²) in [6.45, 7) is 5.31. The highest BCUT2D eigenvalue weighted by molar-refractivity contribution is 5.75. The van der Waals surface area contributed by atoms with Gasteiger partial charge in [0.15, 0.2) is 0 Å². The molecular weight excluding hydrogens is 338 g/mol. The maximum atomic E-state index is 12.5. The molecule has 26 heavy (non-hydrogen) atoms. The molecule has 7 nitrogen and oxygen atoms in total. The molecule has 0 aliphatic heterocycles. The number of carbonyl (C=O) groups excluding carboxylic acids is 2. The Morgan fingerprint density at radius 1 is 1.12 bits per heavy atom. The minimum atomic E-state index is -1.04. The third-order valence-corrected chi connectivity index (χ3v) is 4.15. The van der Waals surface area contributed by atoms with Gasteiger partial charge in [-0.15, -0.1) is 0 Å². The van der Waals surface area contributed by atoms with Gasteiger partial charge in [-0.1, -0.05) is 30.3 Å². The van der Waals surface area contributed by atoms with Crippen LogP contribution in [-0.2, 0) is 20.9 Å².